The van der Waals surface area contributed by atoms with Gasteiger partial charge in [-0.15, -0.1) is 0 Å². The molecule has 1 aliphatic rings. The maximum Gasteiger partial charge on any atom is 0.279 e. The maximum absolute atomic E-state index is 12.7. The number of fused-ring (bicyclic) bond motifs is 2. The van der Waals surface area contributed by atoms with Gasteiger partial charge in [-0.3, -0.25) is 4.79 Å². The summed E-state index contributed by atoms with van der Waals surface area (Å²) in [7, 11) is -1.65. The van der Waals surface area contributed by atoms with Gasteiger partial charge in [0.05, 0.1) is 20.4 Å². The van der Waals surface area contributed by atoms with E-state index >= 15 is 0 Å². The van der Waals surface area contributed by atoms with E-state index in [1.54, 1.807) is 26.0 Å². The second-order valence-electron chi connectivity index (χ2n) is 6.95. The topological polar surface area (TPSA) is 87.0 Å². The van der Waals surface area contributed by atoms with Crippen molar-refractivity contribution in [2.75, 3.05) is 13.2 Å². The first-order chi connectivity index (χ1) is 13.8. The summed E-state index contributed by atoms with van der Waals surface area (Å²) in [4.78, 5) is 17.6. The van der Waals surface area contributed by atoms with Gasteiger partial charge in [0.25, 0.3) is 5.91 Å². The largest absolute Gasteiger partial charge is 0.486 e. The molecule has 0 atom stereocenters. The van der Waals surface area contributed by atoms with Crippen LogP contribution in [0.1, 0.15) is 24.2 Å². The number of carbonyl (C=O) groups is 1. The molecule has 0 aliphatic carbocycles. The van der Waals surface area contributed by atoms with Gasteiger partial charge >= 0.3 is 0 Å². The van der Waals surface area contributed by atoms with Crippen LogP contribution in [0, 0.1) is 0 Å². The molecule has 0 spiro atoms. The van der Waals surface area contributed by atoms with E-state index in [1.807, 2.05) is 23.7 Å². The van der Waals surface area contributed by atoms with Gasteiger partial charge in [0.15, 0.2) is 26.1 Å². The van der Waals surface area contributed by atoms with Gasteiger partial charge in [-0.2, -0.15) is 4.99 Å². The van der Waals surface area contributed by atoms with Crippen molar-refractivity contribution >= 4 is 37.3 Å². The first-order valence-corrected chi connectivity index (χ1v) is 11.5. The Kier molecular flexibility index (Phi) is 4.95. The van der Waals surface area contributed by atoms with E-state index in [4.69, 9.17) is 9.47 Å². The van der Waals surface area contributed by atoms with Crippen LogP contribution < -0.4 is 14.3 Å². The fourth-order valence-corrected chi connectivity index (χ4v) is 5.13. The zero-order chi connectivity index (χ0) is 20.8. The minimum Gasteiger partial charge on any atom is -0.486 e. The number of nitrogens with zero attached hydrogens (tertiary/aromatic N) is 2. The number of ether oxygens (including phenoxy) is 2. The number of amides is 1. The summed E-state index contributed by atoms with van der Waals surface area (Å²) in [6.45, 7) is 4.22. The van der Waals surface area contributed by atoms with Crippen LogP contribution in [-0.2, 0) is 16.9 Å². The van der Waals surface area contributed by atoms with Crippen molar-refractivity contribution in [3.8, 4) is 11.5 Å². The number of thiazole rings is 1. The van der Waals surface area contributed by atoms with Crippen LogP contribution in [0.5, 0.6) is 11.5 Å². The van der Waals surface area contributed by atoms with Crippen LogP contribution in [0.2, 0.25) is 0 Å². The van der Waals surface area contributed by atoms with E-state index < -0.39 is 21.0 Å². The summed E-state index contributed by atoms with van der Waals surface area (Å²) < 4.78 is 38.8. The van der Waals surface area contributed by atoms with E-state index in [1.165, 1.54) is 23.5 Å². The average Bonchev–Trinajstić information content (AvgIpc) is 3.00. The summed E-state index contributed by atoms with van der Waals surface area (Å²) in [5.41, 5.74) is 1.11. The smallest absolute Gasteiger partial charge is 0.279 e. The van der Waals surface area contributed by atoms with Crippen molar-refractivity contribution in [1.82, 2.24) is 4.57 Å². The Morgan fingerprint density at radius 2 is 1.83 bits per heavy atom. The fraction of sp³-hybridized carbons (Fsp3) is 0.300. The highest BCUT2D eigenvalue weighted by molar-refractivity contribution is 7.92. The third kappa shape index (κ3) is 3.56. The highest BCUT2D eigenvalue weighted by Gasteiger charge is 2.20. The minimum atomic E-state index is -3.47. The van der Waals surface area contributed by atoms with E-state index in [9.17, 15) is 13.2 Å². The SMILES string of the molecule is CC(C)S(=O)(=O)c1cccc(C(=O)N=c2sc3cc4c(cc3n2C)OCCO4)c1. The van der Waals surface area contributed by atoms with Crippen molar-refractivity contribution < 1.29 is 22.7 Å². The molecule has 3 aromatic rings. The molecular weight excluding hydrogens is 412 g/mol. The molecule has 1 aliphatic heterocycles. The Bertz CT molecular complexity index is 1290. The molecule has 0 saturated heterocycles. The van der Waals surface area contributed by atoms with Gasteiger partial charge in [-0.1, -0.05) is 17.4 Å². The lowest BCUT2D eigenvalue weighted by Gasteiger charge is -2.18. The molecule has 0 unspecified atom stereocenters. The molecule has 0 radical (unpaired) electrons. The highest BCUT2D eigenvalue weighted by atomic mass is 32.2. The summed E-state index contributed by atoms with van der Waals surface area (Å²) >= 11 is 1.36. The molecule has 9 heteroatoms. The Balaban J connectivity index is 1.76. The first kappa shape index (κ1) is 19.7. The van der Waals surface area contributed by atoms with Crippen LogP contribution in [0.25, 0.3) is 10.2 Å². The van der Waals surface area contributed by atoms with Gasteiger partial charge in [-0.25, -0.2) is 8.42 Å². The van der Waals surface area contributed by atoms with Crippen molar-refractivity contribution in [3.05, 3.63) is 46.8 Å². The van der Waals surface area contributed by atoms with Crippen LogP contribution in [0.4, 0.5) is 0 Å². The van der Waals surface area contributed by atoms with Crippen molar-refractivity contribution in [2.45, 2.75) is 24.0 Å². The van der Waals surface area contributed by atoms with E-state index in [2.05, 4.69) is 4.99 Å². The third-order valence-corrected chi connectivity index (χ3v) is 7.95. The molecule has 7 nitrogen and oxygen atoms in total. The van der Waals surface area contributed by atoms with Crippen molar-refractivity contribution in [1.29, 1.82) is 0 Å². The summed E-state index contributed by atoms with van der Waals surface area (Å²) in [6.07, 6.45) is 0. The van der Waals surface area contributed by atoms with Crippen LogP contribution in [0.15, 0.2) is 46.3 Å². The molecular formula is C20H20N2O5S2. The van der Waals surface area contributed by atoms with Crippen molar-refractivity contribution in [3.63, 3.8) is 0 Å². The lowest BCUT2D eigenvalue weighted by Crippen LogP contribution is -2.16. The van der Waals surface area contributed by atoms with E-state index in [0.29, 0.717) is 29.5 Å². The van der Waals surface area contributed by atoms with Crippen LogP contribution in [-0.4, -0.2) is 37.4 Å². The minimum absolute atomic E-state index is 0.122. The molecule has 2 aromatic carbocycles. The number of rotatable bonds is 3. The van der Waals surface area contributed by atoms with Crippen molar-refractivity contribution in [2.24, 2.45) is 12.0 Å². The molecule has 1 aromatic heterocycles. The first-order valence-electron chi connectivity index (χ1n) is 9.09. The summed E-state index contributed by atoms with van der Waals surface area (Å²) in [5.74, 6) is 0.849. The summed E-state index contributed by atoms with van der Waals surface area (Å²) in [6, 6.07) is 9.77. The second kappa shape index (κ2) is 7.31. The van der Waals surface area contributed by atoms with Gasteiger partial charge < -0.3 is 14.0 Å². The number of sulfone groups is 1. The Morgan fingerprint density at radius 3 is 2.52 bits per heavy atom. The fourth-order valence-electron chi connectivity index (χ4n) is 3.00. The quantitative estimate of drug-likeness (QED) is 0.635. The van der Waals surface area contributed by atoms with E-state index in [0.717, 1.165) is 10.2 Å². The molecule has 0 saturated carbocycles. The lowest BCUT2D eigenvalue weighted by molar-refractivity contribution is 0.0997. The predicted octanol–water partition coefficient (Wildman–Crippen LogP) is 2.93. The average molecular weight is 433 g/mol. The molecule has 4 rings (SSSR count). The molecule has 0 N–H and O–H groups in total. The molecule has 1 amide bonds. The second-order valence-corrected chi connectivity index (χ2v) is 10.5. The standard InChI is InChI=1S/C20H20N2O5S2/c1-12(2)29(24,25)14-6-4-5-13(9-14)19(23)21-20-22(3)15-10-16-17(11-18(15)28-20)27-8-7-26-16/h4-6,9-12H,7-8H2,1-3H3. The monoisotopic (exact) mass is 432 g/mol. The molecule has 0 fully saturated rings. The number of benzene rings is 2. The van der Waals surface area contributed by atoms with Gasteiger partial charge in [0.2, 0.25) is 0 Å². The molecule has 2 heterocycles. The Labute approximate surface area is 172 Å². The summed E-state index contributed by atoms with van der Waals surface area (Å²) in [5, 5.41) is -0.569. The normalized spacial score (nSPS) is 14.6. The zero-order valence-corrected chi connectivity index (χ0v) is 17.8. The molecule has 0 bridgehead atoms. The Morgan fingerprint density at radius 1 is 1.14 bits per heavy atom. The maximum atomic E-state index is 12.7. The number of hydrogen-bond donors (Lipinski definition) is 0. The predicted molar refractivity (Wildman–Crippen MR) is 110 cm³/mol. The molecule has 152 valence electrons. The highest BCUT2D eigenvalue weighted by Crippen LogP contribution is 2.35. The number of carbonyl (C=O) groups excluding carboxylic acids is 1. The third-order valence-electron chi connectivity index (χ3n) is 4.70. The van der Waals surface area contributed by atoms with Gasteiger partial charge in [0, 0.05) is 24.7 Å². The van der Waals surface area contributed by atoms with E-state index in [-0.39, 0.29) is 10.5 Å². The van der Waals surface area contributed by atoms with Gasteiger partial charge in [-0.05, 0) is 32.0 Å². The van der Waals surface area contributed by atoms with Crippen LogP contribution in [0.3, 0.4) is 0 Å². The number of aryl methyl sites for hydroxylation is 1. The zero-order valence-electron chi connectivity index (χ0n) is 16.2. The lowest BCUT2D eigenvalue weighted by atomic mass is 10.2. The van der Waals surface area contributed by atoms with Crippen LogP contribution >= 0.6 is 11.3 Å². The van der Waals surface area contributed by atoms with Gasteiger partial charge in [0.1, 0.15) is 13.2 Å². The number of aromatic nitrogens is 1. The molecule has 29 heavy (non-hydrogen) atoms. The number of hydrogen-bond acceptors (Lipinski definition) is 6. The Hall–Kier alpha value is -2.65.